The van der Waals surface area contributed by atoms with E-state index >= 15 is 0 Å². The molecule has 0 radical (unpaired) electrons. The van der Waals surface area contributed by atoms with Crippen LogP contribution >= 0.6 is 0 Å². The summed E-state index contributed by atoms with van der Waals surface area (Å²) in [5, 5.41) is 3.54. The molecule has 3 atom stereocenters. The van der Waals surface area contributed by atoms with E-state index in [0.717, 1.165) is 17.9 Å². The molecule has 0 amide bonds. The second kappa shape index (κ2) is 5.31. The summed E-state index contributed by atoms with van der Waals surface area (Å²) in [6.07, 6.45) is 5.73. The van der Waals surface area contributed by atoms with Gasteiger partial charge in [-0.3, -0.25) is 4.90 Å². The van der Waals surface area contributed by atoms with E-state index < -0.39 is 0 Å². The molecule has 2 nitrogen and oxygen atoms in total. The van der Waals surface area contributed by atoms with E-state index in [9.17, 15) is 0 Å². The molecular weight excluding hydrogens is 184 g/mol. The average Bonchev–Trinajstić information content (AvgIpc) is 2.76. The van der Waals surface area contributed by atoms with Gasteiger partial charge in [-0.25, -0.2) is 0 Å². The number of likely N-dealkylation sites (tertiary alicyclic amines) is 1. The normalized spacial score (nSPS) is 33.2. The standard InChI is InChI=1S/C13H26N2/c1-3-7-14-8-11(2)15-9-12-5-4-6-13(12)10-15/h11-14H,3-10H2,1-2H3. The highest BCUT2D eigenvalue weighted by Gasteiger charge is 2.37. The molecule has 0 aromatic rings. The summed E-state index contributed by atoms with van der Waals surface area (Å²) >= 11 is 0. The molecule has 0 bridgehead atoms. The zero-order valence-electron chi connectivity index (χ0n) is 10.3. The molecule has 2 heteroatoms. The molecule has 0 aromatic carbocycles. The Bertz CT molecular complexity index is 181. The summed E-state index contributed by atoms with van der Waals surface area (Å²) in [5.74, 6) is 2.08. The first-order valence-electron chi connectivity index (χ1n) is 6.76. The number of nitrogens with one attached hydrogen (secondary N) is 1. The van der Waals surface area contributed by atoms with Crippen LogP contribution in [0.25, 0.3) is 0 Å². The van der Waals surface area contributed by atoms with Crippen LogP contribution in [0.5, 0.6) is 0 Å². The Morgan fingerprint density at radius 1 is 1.27 bits per heavy atom. The SMILES string of the molecule is CCCNCC(C)N1CC2CCCC2C1. The second-order valence-electron chi connectivity index (χ2n) is 5.46. The number of hydrogen-bond donors (Lipinski definition) is 1. The molecule has 1 N–H and O–H groups in total. The third-order valence-electron chi connectivity index (χ3n) is 4.24. The monoisotopic (exact) mass is 210 g/mol. The van der Waals surface area contributed by atoms with Gasteiger partial charge in [0.25, 0.3) is 0 Å². The minimum absolute atomic E-state index is 0.738. The van der Waals surface area contributed by atoms with Crippen molar-refractivity contribution in [2.45, 2.75) is 45.6 Å². The molecule has 0 aromatic heterocycles. The lowest BCUT2D eigenvalue weighted by Gasteiger charge is -2.25. The Balaban J connectivity index is 1.70. The van der Waals surface area contributed by atoms with Crippen molar-refractivity contribution in [3.63, 3.8) is 0 Å². The van der Waals surface area contributed by atoms with Crippen LogP contribution in [0.4, 0.5) is 0 Å². The van der Waals surface area contributed by atoms with Gasteiger partial charge >= 0.3 is 0 Å². The zero-order chi connectivity index (χ0) is 10.7. The molecule has 0 spiro atoms. The number of fused-ring (bicyclic) bond motifs is 1. The van der Waals surface area contributed by atoms with E-state index in [1.807, 2.05) is 0 Å². The fourth-order valence-electron chi connectivity index (χ4n) is 3.25. The van der Waals surface area contributed by atoms with Gasteiger partial charge in [-0.15, -0.1) is 0 Å². The molecule has 2 rings (SSSR count). The third kappa shape index (κ3) is 2.73. The smallest absolute Gasteiger partial charge is 0.0192 e. The number of rotatable bonds is 5. The first kappa shape index (κ1) is 11.4. The van der Waals surface area contributed by atoms with Crippen molar-refractivity contribution >= 4 is 0 Å². The molecule has 2 fully saturated rings. The quantitative estimate of drug-likeness (QED) is 0.699. The van der Waals surface area contributed by atoms with Crippen LogP contribution in [0.15, 0.2) is 0 Å². The van der Waals surface area contributed by atoms with Crippen molar-refractivity contribution in [3.05, 3.63) is 0 Å². The van der Waals surface area contributed by atoms with E-state index in [0.29, 0.717) is 0 Å². The van der Waals surface area contributed by atoms with Gasteiger partial charge in [0.1, 0.15) is 0 Å². The summed E-state index contributed by atoms with van der Waals surface area (Å²) in [6, 6.07) is 0.738. The molecule has 3 unspecified atom stereocenters. The van der Waals surface area contributed by atoms with Crippen molar-refractivity contribution in [1.29, 1.82) is 0 Å². The maximum atomic E-state index is 3.54. The Kier molecular flexibility index (Phi) is 4.04. The Morgan fingerprint density at radius 2 is 1.93 bits per heavy atom. The third-order valence-corrected chi connectivity index (χ3v) is 4.24. The largest absolute Gasteiger partial charge is 0.315 e. The van der Waals surface area contributed by atoms with Crippen molar-refractivity contribution in [1.82, 2.24) is 10.2 Å². The molecular formula is C13H26N2. The van der Waals surface area contributed by atoms with Crippen LogP contribution in [0, 0.1) is 11.8 Å². The summed E-state index contributed by atoms with van der Waals surface area (Å²) in [5.41, 5.74) is 0. The van der Waals surface area contributed by atoms with E-state index in [1.54, 1.807) is 0 Å². The van der Waals surface area contributed by atoms with Gasteiger partial charge in [-0.05, 0) is 44.6 Å². The lowest BCUT2D eigenvalue weighted by Crippen LogP contribution is -2.39. The molecule has 1 heterocycles. The predicted octanol–water partition coefficient (Wildman–Crippen LogP) is 2.11. The summed E-state index contributed by atoms with van der Waals surface area (Å²) < 4.78 is 0. The summed E-state index contributed by atoms with van der Waals surface area (Å²) in [7, 11) is 0. The maximum Gasteiger partial charge on any atom is 0.0192 e. The predicted molar refractivity (Wildman–Crippen MR) is 65.0 cm³/mol. The topological polar surface area (TPSA) is 15.3 Å². The Labute approximate surface area is 94.4 Å². The van der Waals surface area contributed by atoms with E-state index in [4.69, 9.17) is 0 Å². The van der Waals surface area contributed by atoms with Crippen LogP contribution < -0.4 is 5.32 Å². The lowest BCUT2D eigenvalue weighted by atomic mass is 10.0. The van der Waals surface area contributed by atoms with E-state index in [1.165, 1.54) is 51.9 Å². The minimum atomic E-state index is 0.738. The van der Waals surface area contributed by atoms with Crippen LogP contribution in [-0.4, -0.2) is 37.1 Å². The van der Waals surface area contributed by atoms with Gasteiger partial charge in [-0.2, -0.15) is 0 Å². The van der Waals surface area contributed by atoms with Crippen molar-refractivity contribution < 1.29 is 0 Å². The Morgan fingerprint density at radius 3 is 2.53 bits per heavy atom. The molecule has 1 saturated carbocycles. The number of nitrogens with zero attached hydrogens (tertiary/aromatic N) is 1. The molecule has 1 saturated heterocycles. The highest BCUT2D eigenvalue weighted by molar-refractivity contribution is 4.90. The van der Waals surface area contributed by atoms with Gasteiger partial charge in [-0.1, -0.05) is 13.3 Å². The van der Waals surface area contributed by atoms with Crippen LogP contribution in [-0.2, 0) is 0 Å². The van der Waals surface area contributed by atoms with Gasteiger partial charge in [0.15, 0.2) is 0 Å². The second-order valence-corrected chi connectivity index (χ2v) is 5.46. The van der Waals surface area contributed by atoms with Crippen molar-refractivity contribution in [3.8, 4) is 0 Å². The minimum Gasteiger partial charge on any atom is -0.315 e. The van der Waals surface area contributed by atoms with Gasteiger partial charge < -0.3 is 5.32 Å². The van der Waals surface area contributed by atoms with Crippen LogP contribution in [0.2, 0.25) is 0 Å². The molecule has 15 heavy (non-hydrogen) atoms. The fraction of sp³-hybridized carbons (Fsp3) is 1.00. The van der Waals surface area contributed by atoms with Gasteiger partial charge in [0.05, 0.1) is 0 Å². The van der Waals surface area contributed by atoms with E-state index in [-0.39, 0.29) is 0 Å². The average molecular weight is 210 g/mol. The molecule has 2 aliphatic rings. The number of hydrogen-bond acceptors (Lipinski definition) is 2. The highest BCUT2D eigenvalue weighted by atomic mass is 15.2. The maximum absolute atomic E-state index is 3.54. The first-order chi connectivity index (χ1) is 7.31. The molecule has 88 valence electrons. The zero-order valence-corrected chi connectivity index (χ0v) is 10.3. The molecule has 1 aliphatic carbocycles. The Hall–Kier alpha value is -0.0800. The van der Waals surface area contributed by atoms with Crippen LogP contribution in [0.3, 0.4) is 0 Å². The summed E-state index contributed by atoms with van der Waals surface area (Å²) in [6.45, 7) is 9.71. The van der Waals surface area contributed by atoms with Crippen molar-refractivity contribution in [2.75, 3.05) is 26.2 Å². The van der Waals surface area contributed by atoms with Gasteiger partial charge in [0.2, 0.25) is 0 Å². The van der Waals surface area contributed by atoms with Crippen LogP contribution in [0.1, 0.15) is 39.5 Å². The fourth-order valence-corrected chi connectivity index (χ4v) is 3.25. The molecule has 1 aliphatic heterocycles. The first-order valence-corrected chi connectivity index (χ1v) is 6.76. The summed E-state index contributed by atoms with van der Waals surface area (Å²) in [4.78, 5) is 2.71. The van der Waals surface area contributed by atoms with Crippen molar-refractivity contribution in [2.24, 2.45) is 11.8 Å². The highest BCUT2D eigenvalue weighted by Crippen LogP contribution is 2.38. The lowest BCUT2D eigenvalue weighted by molar-refractivity contribution is 0.233. The van der Waals surface area contributed by atoms with E-state index in [2.05, 4.69) is 24.1 Å². The van der Waals surface area contributed by atoms with Gasteiger partial charge in [0, 0.05) is 25.7 Å².